The molecule has 2 amide bonds. The molecule has 2 N–H and O–H groups in total. The van der Waals surface area contributed by atoms with Crippen LogP contribution in [0.1, 0.15) is 21.5 Å². The molecule has 190 valence electrons. The molecule has 1 heterocycles. The molecule has 3 rings (SSSR count). The SMILES string of the molecule is Cc1cccc(C(=O)N(CC(=O)N2CCNCC2)Cc2cc(F)cc(F)c2)c1.O=C(O)C(F)(F)F. The third-order valence-corrected chi connectivity index (χ3v) is 4.89. The van der Waals surface area contributed by atoms with Gasteiger partial charge in [-0.3, -0.25) is 9.59 Å². The van der Waals surface area contributed by atoms with Gasteiger partial charge < -0.3 is 20.2 Å². The molecular formula is C23H24F5N3O4. The van der Waals surface area contributed by atoms with Gasteiger partial charge in [0.05, 0.1) is 0 Å². The predicted molar refractivity (Wildman–Crippen MR) is 115 cm³/mol. The summed E-state index contributed by atoms with van der Waals surface area (Å²) in [7, 11) is 0. The van der Waals surface area contributed by atoms with E-state index in [-0.39, 0.29) is 24.9 Å². The van der Waals surface area contributed by atoms with Crippen molar-refractivity contribution < 1.29 is 41.4 Å². The Kier molecular flexibility index (Phi) is 9.69. The van der Waals surface area contributed by atoms with E-state index in [0.717, 1.165) is 11.6 Å². The average Bonchev–Trinajstić information content (AvgIpc) is 2.78. The van der Waals surface area contributed by atoms with E-state index in [1.807, 2.05) is 13.0 Å². The van der Waals surface area contributed by atoms with Crippen molar-refractivity contribution in [2.75, 3.05) is 32.7 Å². The molecule has 2 aromatic rings. The Labute approximate surface area is 198 Å². The van der Waals surface area contributed by atoms with Crippen molar-refractivity contribution in [3.8, 4) is 0 Å². The normalized spacial score (nSPS) is 13.5. The Morgan fingerprint density at radius 1 is 1.03 bits per heavy atom. The molecule has 0 radical (unpaired) electrons. The molecule has 0 bridgehead atoms. The number of nitrogens with zero attached hydrogens (tertiary/aromatic N) is 2. The number of benzene rings is 2. The number of carboxylic acids is 1. The Balaban J connectivity index is 0.000000540. The summed E-state index contributed by atoms with van der Waals surface area (Å²) in [4.78, 5) is 37.7. The van der Waals surface area contributed by atoms with Gasteiger partial charge in [0.25, 0.3) is 5.91 Å². The second-order valence-electron chi connectivity index (χ2n) is 7.74. The minimum atomic E-state index is -5.08. The highest BCUT2D eigenvalue weighted by molar-refractivity contribution is 5.96. The fourth-order valence-electron chi connectivity index (χ4n) is 3.26. The monoisotopic (exact) mass is 501 g/mol. The quantitative estimate of drug-likeness (QED) is 0.615. The third-order valence-electron chi connectivity index (χ3n) is 4.89. The number of carboxylic acid groups (broad SMARTS) is 1. The molecule has 0 saturated carbocycles. The smallest absolute Gasteiger partial charge is 0.475 e. The van der Waals surface area contributed by atoms with E-state index in [4.69, 9.17) is 9.90 Å². The van der Waals surface area contributed by atoms with E-state index >= 15 is 0 Å². The maximum Gasteiger partial charge on any atom is 0.490 e. The highest BCUT2D eigenvalue weighted by atomic mass is 19.4. The largest absolute Gasteiger partial charge is 0.490 e. The number of aliphatic carboxylic acids is 1. The highest BCUT2D eigenvalue weighted by Gasteiger charge is 2.38. The summed E-state index contributed by atoms with van der Waals surface area (Å²) >= 11 is 0. The molecule has 0 aromatic heterocycles. The Morgan fingerprint density at radius 2 is 1.60 bits per heavy atom. The van der Waals surface area contributed by atoms with Gasteiger partial charge in [0, 0.05) is 44.4 Å². The van der Waals surface area contributed by atoms with E-state index in [1.165, 1.54) is 17.0 Å². The van der Waals surface area contributed by atoms with Gasteiger partial charge in [0.1, 0.15) is 18.2 Å². The number of nitrogens with one attached hydrogen (secondary N) is 1. The first-order valence-corrected chi connectivity index (χ1v) is 10.5. The number of aryl methyl sites for hydroxylation is 1. The fraction of sp³-hybridized carbons (Fsp3) is 0.348. The molecule has 0 atom stereocenters. The van der Waals surface area contributed by atoms with E-state index in [0.29, 0.717) is 37.3 Å². The summed E-state index contributed by atoms with van der Waals surface area (Å²) in [5.74, 6) is -4.72. The molecule has 1 aliphatic rings. The Bertz CT molecular complexity index is 1040. The van der Waals surface area contributed by atoms with Crippen molar-refractivity contribution in [3.05, 3.63) is 70.8 Å². The van der Waals surface area contributed by atoms with E-state index in [2.05, 4.69) is 5.32 Å². The number of alkyl halides is 3. The standard InChI is InChI=1S/C21H23F2N3O2.C2HF3O2/c1-15-3-2-4-17(9-15)21(28)26(13-16-10-18(22)12-19(23)11-16)14-20(27)25-7-5-24-6-8-25;3-2(4,5)1(6)7/h2-4,9-12,24H,5-8,13-14H2,1H3;(H,6,7). The Hall–Kier alpha value is -3.54. The number of amides is 2. The van der Waals surface area contributed by atoms with Gasteiger partial charge in [0.15, 0.2) is 0 Å². The van der Waals surface area contributed by atoms with Crippen LogP contribution >= 0.6 is 0 Å². The van der Waals surface area contributed by atoms with Gasteiger partial charge in [0.2, 0.25) is 5.91 Å². The van der Waals surface area contributed by atoms with Crippen LogP contribution in [0.4, 0.5) is 22.0 Å². The first-order valence-electron chi connectivity index (χ1n) is 10.5. The minimum Gasteiger partial charge on any atom is -0.475 e. The number of hydrogen-bond acceptors (Lipinski definition) is 4. The van der Waals surface area contributed by atoms with Crippen molar-refractivity contribution in [1.29, 1.82) is 0 Å². The maximum absolute atomic E-state index is 13.6. The van der Waals surface area contributed by atoms with Crippen molar-refractivity contribution in [3.63, 3.8) is 0 Å². The van der Waals surface area contributed by atoms with E-state index in [1.54, 1.807) is 23.1 Å². The lowest BCUT2D eigenvalue weighted by molar-refractivity contribution is -0.192. The van der Waals surface area contributed by atoms with Gasteiger partial charge in [-0.2, -0.15) is 13.2 Å². The van der Waals surface area contributed by atoms with Gasteiger partial charge in [-0.1, -0.05) is 17.7 Å². The van der Waals surface area contributed by atoms with Crippen molar-refractivity contribution in [2.24, 2.45) is 0 Å². The number of halogens is 5. The van der Waals surface area contributed by atoms with Crippen LogP contribution in [0.5, 0.6) is 0 Å². The van der Waals surface area contributed by atoms with Crippen LogP contribution < -0.4 is 5.32 Å². The molecule has 35 heavy (non-hydrogen) atoms. The van der Waals surface area contributed by atoms with Crippen molar-refractivity contribution in [1.82, 2.24) is 15.1 Å². The second kappa shape index (κ2) is 12.2. The molecule has 1 saturated heterocycles. The van der Waals surface area contributed by atoms with Crippen LogP contribution in [0.3, 0.4) is 0 Å². The number of carbonyl (C=O) groups is 3. The molecule has 12 heteroatoms. The van der Waals surface area contributed by atoms with Crippen LogP contribution in [0.15, 0.2) is 42.5 Å². The zero-order valence-electron chi connectivity index (χ0n) is 18.7. The maximum atomic E-state index is 13.6. The van der Waals surface area contributed by atoms with Crippen LogP contribution in [0.25, 0.3) is 0 Å². The van der Waals surface area contributed by atoms with Crippen LogP contribution in [-0.4, -0.2) is 71.6 Å². The average molecular weight is 501 g/mol. The molecule has 0 aliphatic carbocycles. The molecule has 1 aliphatic heterocycles. The molecule has 0 unspecified atom stereocenters. The van der Waals surface area contributed by atoms with Crippen molar-refractivity contribution in [2.45, 2.75) is 19.6 Å². The third kappa shape index (κ3) is 8.96. The van der Waals surface area contributed by atoms with E-state index < -0.39 is 23.8 Å². The molecule has 0 spiro atoms. The lowest BCUT2D eigenvalue weighted by atomic mass is 10.1. The molecule has 1 fully saturated rings. The summed E-state index contributed by atoms with van der Waals surface area (Å²) in [5.41, 5.74) is 1.65. The van der Waals surface area contributed by atoms with Crippen molar-refractivity contribution >= 4 is 17.8 Å². The van der Waals surface area contributed by atoms with Crippen LogP contribution in [0, 0.1) is 18.6 Å². The first-order chi connectivity index (χ1) is 16.4. The molecule has 2 aromatic carbocycles. The number of carbonyl (C=O) groups excluding carboxylic acids is 2. The Morgan fingerprint density at radius 3 is 2.11 bits per heavy atom. The first kappa shape index (κ1) is 27.7. The summed E-state index contributed by atoms with van der Waals surface area (Å²) in [6, 6.07) is 10.2. The van der Waals surface area contributed by atoms with Gasteiger partial charge in [-0.15, -0.1) is 0 Å². The summed E-state index contributed by atoms with van der Waals surface area (Å²) in [6.07, 6.45) is -5.08. The van der Waals surface area contributed by atoms with Crippen LogP contribution in [0.2, 0.25) is 0 Å². The lowest BCUT2D eigenvalue weighted by Crippen LogP contribution is -2.50. The van der Waals surface area contributed by atoms with E-state index in [9.17, 15) is 31.5 Å². The van der Waals surface area contributed by atoms with Gasteiger partial charge >= 0.3 is 12.1 Å². The topological polar surface area (TPSA) is 90.0 Å². The van der Waals surface area contributed by atoms with Gasteiger partial charge in [-0.25, -0.2) is 13.6 Å². The number of rotatable bonds is 5. The molecular weight excluding hydrogens is 477 g/mol. The number of piperazine rings is 1. The number of hydrogen-bond donors (Lipinski definition) is 2. The van der Waals surface area contributed by atoms with Gasteiger partial charge in [-0.05, 0) is 36.8 Å². The highest BCUT2D eigenvalue weighted by Crippen LogP contribution is 2.15. The minimum absolute atomic E-state index is 0.0563. The lowest BCUT2D eigenvalue weighted by Gasteiger charge is -2.30. The fourth-order valence-corrected chi connectivity index (χ4v) is 3.26. The zero-order valence-corrected chi connectivity index (χ0v) is 18.7. The van der Waals surface area contributed by atoms with Crippen LogP contribution in [-0.2, 0) is 16.1 Å². The predicted octanol–water partition coefficient (Wildman–Crippen LogP) is 2.98. The summed E-state index contributed by atoms with van der Waals surface area (Å²) in [6.45, 7) is 4.21. The molecule has 7 nitrogen and oxygen atoms in total. The summed E-state index contributed by atoms with van der Waals surface area (Å²) < 4.78 is 58.9. The zero-order chi connectivity index (χ0) is 26.2. The summed E-state index contributed by atoms with van der Waals surface area (Å²) in [5, 5.41) is 10.3. The second-order valence-corrected chi connectivity index (χ2v) is 7.74.